The molecule has 136 valence electrons. The summed E-state index contributed by atoms with van der Waals surface area (Å²) in [7, 11) is 0. The van der Waals surface area contributed by atoms with Crippen LogP contribution >= 0.6 is 0 Å². The van der Waals surface area contributed by atoms with Gasteiger partial charge in [0.05, 0.1) is 13.2 Å². The van der Waals surface area contributed by atoms with E-state index in [4.69, 9.17) is 9.15 Å². The van der Waals surface area contributed by atoms with Gasteiger partial charge in [-0.3, -0.25) is 4.79 Å². The quantitative estimate of drug-likeness (QED) is 0.770. The van der Waals surface area contributed by atoms with Crippen LogP contribution in [0, 0.1) is 13.8 Å². The first kappa shape index (κ1) is 19.1. The van der Waals surface area contributed by atoms with Crippen LogP contribution in [0.25, 0.3) is 0 Å². The summed E-state index contributed by atoms with van der Waals surface area (Å²) in [5.41, 5.74) is 0.542. The third kappa shape index (κ3) is 5.10. The lowest BCUT2D eigenvalue weighted by molar-refractivity contribution is -0.122. The van der Waals surface area contributed by atoms with Gasteiger partial charge < -0.3 is 19.6 Å². The predicted molar refractivity (Wildman–Crippen MR) is 96.7 cm³/mol. The summed E-state index contributed by atoms with van der Waals surface area (Å²) in [5.74, 6) is 2.12. The Kier molecular flexibility index (Phi) is 6.26. The fourth-order valence-corrected chi connectivity index (χ4v) is 2.87. The molecule has 0 radical (unpaired) electrons. The number of furan rings is 1. The van der Waals surface area contributed by atoms with Crippen molar-refractivity contribution in [2.24, 2.45) is 0 Å². The van der Waals surface area contributed by atoms with Crippen molar-refractivity contribution in [2.75, 3.05) is 13.2 Å². The molecule has 1 unspecified atom stereocenters. The van der Waals surface area contributed by atoms with E-state index in [2.05, 4.69) is 5.32 Å². The van der Waals surface area contributed by atoms with Gasteiger partial charge in [-0.1, -0.05) is 18.2 Å². The van der Waals surface area contributed by atoms with Crippen molar-refractivity contribution >= 4 is 5.91 Å². The molecule has 0 aliphatic heterocycles. The monoisotopic (exact) mass is 345 g/mol. The molecule has 2 N–H and O–H groups in total. The van der Waals surface area contributed by atoms with Crippen molar-refractivity contribution in [2.45, 2.75) is 46.1 Å². The molecule has 1 amide bonds. The van der Waals surface area contributed by atoms with Gasteiger partial charge in [-0.15, -0.1) is 0 Å². The highest BCUT2D eigenvalue weighted by Crippen LogP contribution is 2.26. The molecule has 5 nitrogen and oxygen atoms in total. The minimum absolute atomic E-state index is 0.107. The molecule has 0 saturated carbocycles. The van der Waals surface area contributed by atoms with Crippen LogP contribution in [0.3, 0.4) is 0 Å². The molecule has 1 atom stereocenters. The van der Waals surface area contributed by atoms with E-state index in [-0.39, 0.29) is 12.5 Å². The van der Waals surface area contributed by atoms with Gasteiger partial charge in [0, 0.05) is 12.0 Å². The molecular weight excluding hydrogens is 318 g/mol. The molecule has 0 bridgehead atoms. The summed E-state index contributed by atoms with van der Waals surface area (Å²) >= 11 is 0. The van der Waals surface area contributed by atoms with Gasteiger partial charge in [-0.2, -0.15) is 0 Å². The lowest BCUT2D eigenvalue weighted by Crippen LogP contribution is -2.38. The van der Waals surface area contributed by atoms with Gasteiger partial charge in [0.15, 0.2) is 0 Å². The first-order valence-electron chi connectivity index (χ1n) is 8.60. The zero-order valence-electron chi connectivity index (χ0n) is 15.4. The van der Waals surface area contributed by atoms with Crippen LogP contribution in [-0.2, 0) is 16.8 Å². The first-order chi connectivity index (χ1) is 11.8. The Morgan fingerprint density at radius 1 is 1.32 bits per heavy atom. The molecule has 1 aromatic carbocycles. The standard InChI is InChI=1S/C20H27NO4/c1-5-24-18-9-7-6-8-16(18)10-11-19(22)21-13-20(4,23)17-12-14(2)25-15(17)3/h6-9,12,23H,5,10-11,13H2,1-4H3,(H,21,22). The molecule has 0 saturated heterocycles. The average Bonchev–Trinajstić information content (AvgIpc) is 2.92. The van der Waals surface area contributed by atoms with Crippen LogP contribution in [0.2, 0.25) is 0 Å². The SMILES string of the molecule is CCOc1ccccc1CCC(=O)NCC(C)(O)c1cc(C)oc1C. The summed E-state index contributed by atoms with van der Waals surface area (Å²) in [6, 6.07) is 9.53. The molecule has 1 heterocycles. The fraction of sp³-hybridized carbons (Fsp3) is 0.450. The van der Waals surface area contributed by atoms with Gasteiger partial charge >= 0.3 is 0 Å². The minimum atomic E-state index is -1.17. The first-order valence-corrected chi connectivity index (χ1v) is 8.60. The number of amides is 1. The molecule has 2 aromatic rings. The molecule has 0 fully saturated rings. The van der Waals surface area contributed by atoms with E-state index in [1.54, 1.807) is 13.0 Å². The Balaban J connectivity index is 1.89. The van der Waals surface area contributed by atoms with Crippen molar-refractivity contribution < 1.29 is 19.1 Å². The Morgan fingerprint density at radius 3 is 2.68 bits per heavy atom. The zero-order valence-corrected chi connectivity index (χ0v) is 15.4. The van der Waals surface area contributed by atoms with E-state index >= 15 is 0 Å². The maximum Gasteiger partial charge on any atom is 0.220 e. The smallest absolute Gasteiger partial charge is 0.220 e. The second-order valence-corrected chi connectivity index (χ2v) is 6.42. The van der Waals surface area contributed by atoms with Gasteiger partial charge in [-0.25, -0.2) is 0 Å². The number of hydrogen-bond donors (Lipinski definition) is 2. The van der Waals surface area contributed by atoms with E-state index in [1.165, 1.54) is 0 Å². The number of para-hydroxylation sites is 1. The number of hydrogen-bond acceptors (Lipinski definition) is 4. The summed E-state index contributed by atoms with van der Waals surface area (Å²) in [5, 5.41) is 13.4. The summed E-state index contributed by atoms with van der Waals surface area (Å²) in [6.07, 6.45) is 0.928. The zero-order chi connectivity index (χ0) is 18.4. The molecule has 0 aliphatic rings. The molecule has 1 aromatic heterocycles. The summed E-state index contributed by atoms with van der Waals surface area (Å²) in [6.45, 7) is 7.98. The molecular formula is C20H27NO4. The van der Waals surface area contributed by atoms with Crippen LogP contribution in [0.15, 0.2) is 34.7 Å². The third-order valence-electron chi connectivity index (χ3n) is 4.14. The Labute approximate surface area is 149 Å². The van der Waals surface area contributed by atoms with E-state index in [0.29, 0.717) is 30.8 Å². The Morgan fingerprint density at radius 2 is 2.04 bits per heavy atom. The normalized spacial score (nSPS) is 13.3. The number of ether oxygens (including phenoxy) is 1. The number of nitrogens with one attached hydrogen (secondary N) is 1. The van der Waals surface area contributed by atoms with Crippen molar-refractivity contribution in [3.63, 3.8) is 0 Å². The van der Waals surface area contributed by atoms with Crippen molar-refractivity contribution in [1.29, 1.82) is 0 Å². The molecule has 5 heteroatoms. The third-order valence-corrected chi connectivity index (χ3v) is 4.14. The Bertz CT molecular complexity index is 718. The molecule has 0 aliphatic carbocycles. The number of benzene rings is 1. The van der Waals surface area contributed by atoms with E-state index in [0.717, 1.165) is 17.1 Å². The second kappa shape index (κ2) is 8.21. The number of carbonyl (C=O) groups is 1. The van der Waals surface area contributed by atoms with E-state index in [9.17, 15) is 9.90 Å². The summed E-state index contributed by atoms with van der Waals surface area (Å²) < 4.78 is 11.0. The maximum atomic E-state index is 12.2. The maximum absolute atomic E-state index is 12.2. The lowest BCUT2D eigenvalue weighted by Gasteiger charge is -2.23. The highest BCUT2D eigenvalue weighted by Gasteiger charge is 2.28. The van der Waals surface area contributed by atoms with Crippen molar-refractivity contribution in [1.82, 2.24) is 5.32 Å². The van der Waals surface area contributed by atoms with Crippen LogP contribution in [-0.4, -0.2) is 24.2 Å². The summed E-state index contributed by atoms with van der Waals surface area (Å²) in [4.78, 5) is 12.2. The van der Waals surface area contributed by atoms with Crippen LogP contribution < -0.4 is 10.1 Å². The van der Waals surface area contributed by atoms with E-state index in [1.807, 2.05) is 45.0 Å². The number of rotatable bonds is 8. The van der Waals surface area contributed by atoms with Crippen LogP contribution in [0.1, 0.15) is 42.9 Å². The van der Waals surface area contributed by atoms with Gasteiger partial charge in [0.25, 0.3) is 0 Å². The number of aliphatic hydroxyl groups is 1. The van der Waals surface area contributed by atoms with Crippen LogP contribution in [0.4, 0.5) is 0 Å². The highest BCUT2D eigenvalue weighted by atomic mass is 16.5. The minimum Gasteiger partial charge on any atom is -0.494 e. The van der Waals surface area contributed by atoms with Gasteiger partial charge in [0.2, 0.25) is 5.91 Å². The van der Waals surface area contributed by atoms with Crippen LogP contribution in [0.5, 0.6) is 5.75 Å². The molecule has 0 spiro atoms. The lowest BCUT2D eigenvalue weighted by atomic mass is 9.96. The number of aryl methyl sites for hydroxylation is 3. The van der Waals surface area contributed by atoms with Gasteiger partial charge in [0.1, 0.15) is 22.9 Å². The highest BCUT2D eigenvalue weighted by molar-refractivity contribution is 5.76. The second-order valence-electron chi connectivity index (χ2n) is 6.42. The van der Waals surface area contributed by atoms with Crippen molar-refractivity contribution in [3.05, 3.63) is 53.0 Å². The number of carbonyl (C=O) groups excluding carboxylic acids is 1. The van der Waals surface area contributed by atoms with E-state index < -0.39 is 5.60 Å². The topological polar surface area (TPSA) is 71.7 Å². The fourth-order valence-electron chi connectivity index (χ4n) is 2.87. The molecule has 25 heavy (non-hydrogen) atoms. The average molecular weight is 345 g/mol. The largest absolute Gasteiger partial charge is 0.494 e. The predicted octanol–water partition coefficient (Wildman–Crippen LogP) is 3.25. The molecule has 2 rings (SSSR count). The van der Waals surface area contributed by atoms with Gasteiger partial charge in [-0.05, 0) is 51.8 Å². The van der Waals surface area contributed by atoms with Crippen molar-refractivity contribution in [3.8, 4) is 5.75 Å². The Hall–Kier alpha value is -2.27.